The van der Waals surface area contributed by atoms with Gasteiger partial charge < -0.3 is 10.2 Å². The maximum atomic E-state index is 13.5. The molecule has 0 bridgehead atoms. The lowest BCUT2D eigenvalue weighted by molar-refractivity contribution is -0.117. The van der Waals surface area contributed by atoms with Crippen molar-refractivity contribution in [3.63, 3.8) is 0 Å². The molecule has 0 spiro atoms. The van der Waals surface area contributed by atoms with Crippen molar-refractivity contribution in [2.45, 2.75) is 19.4 Å². The van der Waals surface area contributed by atoms with Crippen molar-refractivity contribution in [2.24, 2.45) is 0 Å². The third-order valence-corrected chi connectivity index (χ3v) is 3.91. The number of nitrogens with one attached hydrogen (secondary N) is 1. The van der Waals surface area contributed by atoms with Crippen molar-refractivity contribution in [3.8, 4) is 0 Å². The molecule has 0 radical (unpaired) electrons. The van der Waals surface area contributed by atoms with E-state index in [1.807, 2.05) is 0 Å². The lowest BCUT2D eigenvalue weighted by atomic mass is 10.1. The first-order valence-electron chi connectivity index (χ1n) is 7.57. The monoisotopic (exact) mass is 312 g/mol. The van der Waals surface area contributed by atoms with Crippen LogP contribution in [0.25, 0.3) is 0 Å². The van der Waals surface area contributed by atoms with Crippen molar-refractivity contribution in [1.82, 2.24) is 5.32 Å². The Kier molecular flexibility index (Phi) is 4.37. The summed E-state index contributed by atoms with van der Waals surface area (Å²) in [6, 6.07) is 13.2. The zero-order valence-electron chi connectivity index (χ0n) is 12.6. The summed E-state index contributed by atoms with van der Waals surface area (Å²) in [7, 11) is 0. The summed E-state index contributed by atoms with van der Waals surface area (Å²) in [5.74, 6) is -0.495. The Balaban J connectivity index is 1.64. The summed E-state index contributed by atoms with van der Waals surface area (Å²) in [5, 5.41) is 2.69. The molecule has 2 amide bonds. The zero-order chi connectivity index (χ0) is 16.2. The molecule has 2 aromatic rings. The molecule has 1 aliphatic rings. The van der Waals surface area contributed by atoms with Crippen LogP contribution in [0, 0.1) is 5.82 Å². The van der Waals surface area contributed by atoms with Gasteiger partial charge in [-0.25, -0.2) is 4.39 Å². The second-order valence-electron chi connectivity index (χ2n) is 5.47. The van der Waals surface area contributed by atoms with E-state index in [9.17, 15) is 14.0 Å². The molecule has 1 aliphatic heterocycles. The summed E-state index contributed by atoms with van der Waals surface area (Å²) in [5.41, 5.74) is 1.73. The van der Waals surface area contributed by atoms with E-state index in [-0.39, 0.29) is 24.2 Å². The highest BCUT2D eigenvalue weighted by Crippen LogP contribution is 2.21. The predicted molar refractivity (Wildman–Crippen MR) is 85.6 cm³/mol. The standard InChI is InChI=1S/C18H17FN2O2/c19-16-5-2-1-4-14(16)12-20-18(23)13-7-9-15(10-8-13)21-11-3-6-17(21)22/h1-2,4-5,7-10H,3,6,11-12H2,(H,20,23). The number of anilines is 1. The summed E-state index contributed by atoms with van der Waals surface area (Å²) in [6.07, 6.45) is 1.44. The van der Waals surface area contributed by atoms with E-state index in [1.54, 1.807) is 47.4 Å². The lowest BCUT2D eigenvalue weighted by Crippen LogP contribution is -2.25. The highest BCUT2D eigenvalue weighted by molar-refractivity contribution is 5.97. The van der Waals surface area contributed by atoms with Crippen LogP contribution in [0.1, 0.15) is 28.8 Å². The van der Waals surface area contributed by atoms with E-state index < -0.39 is 0 Å². The SMILES string of the molecule is O=C(NCc1ccccc1F)c1ccc(N2CCCC2=O)cc1. The van der Waals surface area contributed by atoms with E-state index >= 15 is 0 Å². The first-order chi connectivity index (χ1) is 11.1. The number of rotatable bonds is 4. The molecular formula is C18H17FN2O2. The van der Waals surface area contributed by atoms with E-state index in [2.05, 4.69) is 5.32 Å². The van der Waals surface area contributed by atoms with Gasteiger partial charge in [0, 0.05) is 36.3 Å². The van der Waals surface area contributed by atoms with Crippen LogP contribution in [-0.2, 0) is 11.3 Å². The van der Waals surface area contributed by atoms with Crippen LogP contribution in [0.15, 0.2) is 48.5 Å². The van der Waals surface area contributed by atoms with Gasteiger partial charge in [-0.1, -0.05) is 18.2 Å². The molecule has 1 saturated heterocycles. The molecule has 1 fully saturated rings. The first kappa shape index (κ1) is 15.2. The highest BCUT2D eigenvalue weighted by Gasteiger charge is 2.21. The van der Waals surface area contributed by atoms with Crippen molar-refractivity contribution in [1.29, 1.82) is 0 Å². The second kappa shape index (κ2) is 6.60. The average Bonchev–Trinajstić information content (AvgIpc) is 3.00. The molecule has 2 aromatic carbocycles. The molecule has 1 N–H and O–H groups in total. The third-order valence-electron chi connectivity index (χ3n) is 3.91. The molecule has 1 heterocycles. The van der Waals surface area contributed by atoms with Gasteiger partial charge in [0.15, 0.2) is 0 Å². The Morgan fingerprint density at radius 1 is 1.13 bits per heavy atom. The van der Waals surface area contributed by atoms with Crippen LogP contribution >= 0.6 is 0 Å². The van der Waals surface area contributed by atoms with Gasteiger partial charge in [-0.3, -0.25) is 9.59 Å². The Hall–Kier alpha value is -2.69. The zero-order valence-corrected chi connectivity index (χ0v) is 12.6. The first-order valence-corrected chi connectivity index (χ1v) is 7.57. The van der Waals surface area contributed by atoms with Gasteiger partial charge in [-0.15, -0.1) is 0 Å². The van der Waals surface area contributed by atoms with E-state index in [1.165, 1.54) is 6.07 Å². The summed E-state index contributed by atoms with van der Waals surface area (Å²) >= 11 is 0. The van der Waals surface area contributed by atoms with Crippen LogP contribution in [0.5, 0.6) is 0 Å². The highest BCUT2D eigenvalue weighted by atomic mass is 19.1. The van der Waals surface area contributed by atoms with Gasteiger partial charge in [0.05, 0.1) is 0 Å². The number of halogens is 1. The van der Waals surface area contributed by atoms with Crippen molar-refractivity contribution < 1.29 is 14.0 Å². The summed E-state index contributed by atoms with van der Waals surface area (Å²) < 4.78 is 13.5. The van der Waals surface area contributed by atoms with Crippen molar-refractivity contribution in [3.05, 3.63) is 65.5 Å². The smallest absolute Gasteiger partial charge is 0.251 e. The van der Waals surface area contributed by atoms with Crippen molar-refractivity contribution >= 4 is 17.5 Å². The Bertz CT molecular complexity index is 728. The van der Waals surface area contributed by atoms with Gasteiger partial charge in [0.25, 0.3) is 5.91 Å². The Morgan fingerprint density at radius 3 is 2.52 bits per heavy atom. The molecule has 23 heavy (non-hydrogen) atoms. The number of amides is 2. The minimum absolute atomic E-state index is 0.113. The average molecular weight is 312 g/mol. The molecule has 3 rings (SSSR count). The minimum atomic E-state index is -0.337. The van der Waals surface area contributed by atoms with Crippen molar-refractivity contribution in [2.75, 3.05) is 11.4 Å². The molecule has 4 nitrogen and oxygen atoms in total. The fourth-order valence-electron chi connectivity index (χ4n) is 2.63. The van der Waals surface area contributed by atoms with Crippen LogP contribution in [-0.4, -0.2) is 18.4 Å². The third kappa shape index (κ3) is 3.39. The normalized spacial score (nSPS) is 14.1. The van der Waals surface area contributed by atoms with Crippen LogP contribution < -0.4 is 10.2 Å². The van der Waals surface area contributed by atoms with Crippen LogP contribution in [0.3, 0.4) is 0 Å². The predicted octanol–water partition coefficient (Wildman–Crippen LogP) is 2.88. The molecule has 0 aromatic heterocycles. The molecule has 5 heteroatoms. The fourth-order valence-corrected chi connectivity index (χ4v) is 2.63. The van der Waals surface area contributed by atoms with E-state index in [0.717, 1.165) is 18.7 Å². The van der Waals surface area contributed by atoms with Gasteiger partial charge >= 0.3 is 0 Å². The van der Waals surface area contributed by atoms with Crippen LogP contribution in [0.4, 0.5) is 10.1 Å². The summed E-state index contributed by atoms with van der Waals surface area (Å²) in [6.45, 7) is 0.857. The lowest BCUT2D eigenvalue weighted by Gasteiger charge is -2.15. The minimum Gasteiger partial charge on any atom is -0.348 e. The quantitative estimate of drug-likeness (QED) is 0.944. The molecule has 118 valence electrons. The molecule has 0 aliphatic carbocycles. The Labute approximate surface area is 133 Å². The second-order valence-corrected chi connectivity index (χ2v) is 5.47. The largest absolute Gasteiger partial charge is 0.348 e. The molecule has 0 unspecified atom stereocenters. The van der Waals surface area contributed by atoms with Gasteiger partial charge in [-0.05, 0) is 36.8 Å². The number of carbonyl (C=O) groups is 2. The number of hydrogen-bond donors (Lipinski definition) is 1. The number of nitrogens with zero attached hydrogens (tertiary/aromatic N) is 1. The topological polar surface area (TPSA) is 49.4 Å². The molecular weight excluding hydrogens is 295 g/mol. The summed E-state index contributed by atoms with van der Waals surface area (Å²) in [4.78, 5) is 25.5. The van der Waals surface area contributed by atoms with Gasteiger partial charge in [0.1, 0.15) is 5.82 Å². The van der Waals surface area contributed by atoms with Gasteiger partial charge in [0.2, 0.25) is 5.91 Å². The molecule has 0 atom stereocenters. The number of benzene rings is 2. The van der Waals surface area contributed by atoms with E-state index in [0.29, 0.717) is 17.5 Å². The van der Waals surface area contributed by atoms with Gasteiger partial charge in [-0.2, -0.15) is 0 Å². The fraction of sp³-hybridized carbons (Fsp3) is 0.222. The van der Waals surface area contributed by atoms with Crippen LogP contribution in [0.2, 0.25) is 0 Å². The maximum absolute atomic E-state index is 13.5. The molecule has 0 saturated carbocycles. The Morgan fingerprint density at radius 2 is 1.87 bits per heavy atom. The maximum Gasteiger partial charge on any atom is 0.251 e. The number of hydrogen-bond acceptors (Lipinski definition) is 2. The van der Waals surface area contributed by atoms with E-state index in [4.69, 9.17) is 0 Å². The number of carbonyl (C=O) groups excluding carboxylic acids is 2.